The summed E-state index contributed by atoms with van der Waals surface area (Å²) in [7, 11) is 1.10. The zero-order valence-electron chi connectivity index (χ0n) is 10.2. The first-order valence-electron chi connectivity index (χ1n) is 5.22. The van der Waals surface area contributed by atoms with E-state index in [9.17, 15) is 18.0 Å². The maximum Gasteiger partial charge on any atom is 0.419 e. The van der Waals surface area contributed by atoms with Crippen LogP contribution in [0.15, 0.2) is 18.2 Å². The van der Waals surface area contributed by atoms with Gasteiger partial charge in [0.1, 0.15) is 11.3 Å². The Labute approximate surface area is 103 Å². The van der Waals surface area contributed by atoms with Gasteiger partial charge in [0.15, 0.2) is 0 Å². The number of para-hydroxylation sites is 1. The highest BCUT2D eigenvalue weighted by atomic mass is 19.4. The van der Waals surface area contributed by atoms with Crippen molar-refractivity contribution in [3.8, 4) is 5.75 Å². The molecule has 0 atom stereocenters. The number of ether oxygens (including phenoxy) is 2. The maximum atomic E-state index is 12.8. The van der Waals surface area contributed by atoms with Crippen LogP contribution in [0.5, 0.6) is 5.75 Å². The van der Waals surface area contributed by atoms with E-state index >= 15 is 0 Å². The third-order valence-corrected chi connectivity index (χ3v) is 2.08. The average molecular weight is 262 g/mol. The number of benzene rings is 1. The molecule has 0 saturated heterocycles. The SMILES string of the molecule is COC(=O)c1cccc(C(F)(F)F)c1OC(C)C. The normalized spacial score (nSPS) is 11.5. The van der Waals surface area contributed by atoms with Crippen LogP contribution in [-0.4, -0.2) is 19.2 Å². The lowest BCUT2D eigenvalue weighted by Gasteiger charge is -2.18. The van der Waals surface area contributed by atoms with E-state index in [-0.39, 0.29) is 5.56 Å². The van der Waals surface area contributed by atoms with Gasteiger partial charge in [-0.1, -0.05) is 6.07 Å². The summed E-state index contributed by atoms with van der Waals surface area (Å²) >= 11 is 0. The number of methoxy groups -OCH3 is 1. The molecule has 1 aromatic carbocycles. The molecule has 0 aliphatic heterocycles. The molecule has 0 aliphatic carbocycles. The minimum absolute atomic E-state index is 0.235. The molecule has 0 fully saturated rings. The topological polar surface area (TPSA) is 35.5 Å². The smallest absolute Gasteiger partial charge is 0.419 e. The standard InChI is InChI=1S/C12H13F3O3/c1-7(2)18-10-8(11(16)17-3)5-4-6-9(10)12(13,14)15/h4-7H,1-3H3. The molecule has 0 heterocycles. The van der Waals surface area contributed by atoms with Crippen molar-refractivity contribution in [3.05, 3.63) is 29.3 Å². The van der Waals surface area contributed by atoms with Crippen molar-refractivity contribution in [1.82, 2.24) is 0 Å². The second-order valence-corrected chi connectivity index (χ2v) is 3.84. The van der Waals surface area contributed by atoms with E-state index < -0.39 is 29.6 Å². The van der Waals surface area contributed by atoms with Crippen LogP contribution in [0.3, 0.4) is 0 Å². The van der Waals surface area contributed by atoms with Gasteiger partial charge in [0, 0.05) is 0 Å². The first-order chi connectivity index (χ1) is 8.27. The fourth-order valence-electron chi connectivity index (χ4n) is 1.39. The van der Waals surface area contributed by atoms with Crippen molar-refractivity contribution < 1.29 is 27.4 Å². The van der Waals surface area contributed by atoms with E-state index in [1.807, 2.05) is 0 Å². The number of esters is 1. The van der Waals surface area contributed by atoms with Crippen LogP contribution >= 0.6 is 0 Å². The molecule has 6 heteroatoms. The van der Waals surface area contributed by atoms with Crippen LogP contribution in [0, 0.1) is 0 Å². The Bertz CT molecular complexity index is 439. The first kappa shape index (κ1) is 14.3. The summed E-state index contributed by atoms with van der Waals surface area (Å²) in [6.45, 7) is 3.16. The second kappa shape index (κ2) is 5.29. The zero-order chi connectivity index (χ0) is 13.9. The van der Waals surface area contributed by atoms with E-state index in [0.29, 0.717) is 0 Å². The summed E-state index contributed by atoms with van der Waals surface area (Å²) < 4.78 is 48.0. The predicted molar refractivity (Wildman–Crippen MR) is 58.5 cm³/mol. The number of hydrogen-bond donors (Lipinski definition) is 0. The quantitative estimate of drug-likeness (QED) is 0.784. The minimum atomic E-state index is -4.59. The van der Waals surface area contributed by atoms with Crippen molar-refractivity contribution in [2.45, 2.75) is 26.1 Å². The Hall–Kier alpha value is -1.72. The molecular weight excluding hydrogens is 249 g/mol. The van der Waals surface area contributed by atoms with Gasteiger partial charge >= 0.3 is 12.1 Å². The van der Waals surface area contributed by atoms with Crippen LogP contribution < -0.4 is 4.74 Å². The Kier molecular flexibility index (Phi) is 4.21. The summed E-state index contributed by atoms with van der Waals surface area (Å²) in [4.78, 5) is 11.4. The number of carbonyl (C=O) groups excluding carboxylic acids is 1. The van der Waals surface area contributed by atoms with Gasteiger partial charge in [0.25, 0.3) is 0 Å². The lowest BCUT2D eigenvalue weighted by Crippen LogP contribution is -2.16. The molecule has 18 heavy (non-hydrogen) atoms. The van der Waals surface area contributed by atoms with Gasteiger partial charge in [0.2, 0.25) is 0 Å². The van der Waals surface area contributed by atoms with Crippen molar-refractivity contribution in [2.24, 2.45) is 0 Å². The Morgan fingerprint density at radius 3 is 2.33 bits per heavy atom. The fourth-order valence-corrected chi connectivity index (χ4v) is 1.39. The summed E-state index contributed by atoms with van der Waals surface area (Å²) in [5.41, 5.74) is -1.22. The third-order valence-electron chi connectivity index (χ3n) is 2.08. The van der Waals surface area contributed by atoms with E-state index in [1.165, 1.54) is 6.07 Å². The average Bonchev–Trinajstić information content (AvgIpc) is 2.26. The van der Waals surface area contributed by atoms with Crippen LogP contribution in [-0.2, 0) is 10.9 Å². The number of rotatable bonds is 3. The molecule has 0 spiro atoms. The minimum Gasteiger partial charge on any atom is -0.489 e. The number of hydrogen-bond acceptors (Lipinski definition) is 3. The summed E-state index contributed by atoms with van der Waals surface area (Å²) in [5, 5.41) is 0. The zero-order valence-corrected chi connectivity index (χ0v) is 10.2. The second-order valence-electron chi connectivity index (χ2n) is 3.84. The molecule has 0 aliphatic rings. The summed E-state index contributed by atoms with van der Waals surface area (Å²) in [5.74, 6) is -1.36. The monoisotopic (exact) mass is 262 g/mol. The summed E-state index contributed by atoms with van der Waals surface area (Å²) in [6, 6.07) is 3.24. The van der Waals surface area contributed by atoms with Gasteiger partial charge in [-0.05, 0) is 26.0 Å². The Morgan fingerprint density at radius 2 is 1.89 bits per heavy atom. The largest absolute Gasteiger partial charge is 0.489 e. The predicted octanol–water partition coefficient (Wildman–Crippen LogP) is 3.28. The lowest BCUT2D eigenvalue weighted by atomic mass is 10.1. The molecular formula is C12H13F3O3. The number of alkyl halides is 3. The number of halogens is 3. The van der Waals surface area contributed by atoms with E-state index in [4.69, 9.17) is 4.74 Å². The first-order valence-corrected chi connectivity index (χ1v) is 5.22. The van der Waals surface area contributed by atoms with Gasteiger partial charge in [-0.15, -0.1) is 0 Å². The van der Waals surface area contributed by atoms with Gasteiger partial charge < -0.3 is 9.47 Å². The fraction of sp³-hybridized carbons (Fsp3) is 0.417. The Balaban J connectivity index is 3.39. The highest BCUT2D eigenvalue weighted by Crippen LogP contribution is 2.38. The molecule has 0 saturated carbocycles. The molecule has 100 valence electrons. The molecule has 0 unspecified atom stereocenters. The molecule has 3 nitrogen and oxygen atoms in total. The molecule has 0 N–H and O–H groups in total. The van der Waals surface area contributed by atoms with Gasteiger partial charge in [-0.3, -0.25) is 0 Å². The van der Waals surface area contributed by atoms with E-state index in [0.717, 1.165) is 19.2 Å². The van der Waals surface area contributed by atoms with Crippen molar-refractivity contribution in [1.29, 1.82) is 0 Å². The van der Waals surface area contributed by atoms with Crippen LogP contribution in [0.4, 0.5) is 13.2 Å². The lowest BCUT2D eigenvalue weighted by molar-refractivity contribution is -0.139. The molecule has 0 radical (unpaired) electrons. The van der Waals surface area contributed by atoms with Gasteiger partial charge in [-0.2, -0.15) is 13.2 Å². The van der Waals surface area contributed by atoms with Crippen LogP contribution in [0.1, 0.15) is 29.8 Å². The molecule has 1 rings (SSSR count). The van der Waals surface area contributed by atoms with Gasteiger partial charge in [0.05, 0.1) is 18.8 Å². The van der Waals surface area contributed by atoms with E-state index in [1.54, 1.807) is 13.8 Å². The van der Waals surface area contributed by atoms with Crippen LogP contribution in [0.2, 0.25) is 0 Å². The van der Waals surface area contributed by atoms with Gasteiger partial charge in [-0.25, -0.2) is 4.79 Å². The van der Waals surface area contributed by atoms with Crippen molar-refractivity contribution in [2.75, 3.05) is 7.11 Å². The maximum absolute atomic E-state index is 12.8. The third kappa shape index (κ3) is 3.15. The van der Waals surface area contributed by atoms with Crippen molar-refractivity contribution >= 4 is 5.97 Å². The van der Waals surface area contributed by atoms with Crippen LogP contribution in [0.25, 0.3) is 0 Å². The molecule has 0 aromatic heterocycles. The highest BCUT2D eigenvalue weighted by molar-refractivity contribution is 5.93. The summed E-state index contributed by atoms with van der Waals surface area (Å²) in [6.07, 6.45) is -5.08. The highest BCUT2D eigenvalue weighted by Gasteiger charge is 2.36. The molecule has 0 bridgehead atoms. The molecule has 0 amide bonds. The Morgan fingerprint density at radius 1 is 1.28 bits per heavy atom. The molecule has 1 aromatic rings. The number of carbonyl (C=O) groups is 1. The van der Waals surface area contributed by atoms with E-state index in [2.05, 4.69) is 4.74 Å². The van der Waals surface area contributed by atoms with Crippen molar-refractivity contribution in [3.63, 3.8) is 0 Å².